The van der Waals surface area contributed by atoms with Gasteiger partial charge in [0, 0.05) is 19.6 Å². The molecule has 4 heteroatoms. The average Bonchev–Trinajstić information content (AvgIpc) is 2.57. The minimum atomic E-state index is -0.234. The standard InChI is InChI=1S/C19H22FNO2/c20-17-6-4-15(5-7-17)14-23-19-3-1-2-16(12-19)13-21-10-8-18(22)9-11-21/h1-7,12,18,22H,8-11,13-14H2. The summed E-state index contributed by atoms with van der Waals surface area (Å²) >= 11 is 0. The van der Waals surface area contributed by atoms with Crippen LogP contribution in [0.1, 0.15) is 24.0 Å². The zero-order chi connectivity index (χ0) is 16.1. The van der Waals surface area contributed by atoms with Gasteiger partial charge in [0.1, 0.15) is 18.2 Å². The maximum atomic E-state index is 12.9. The molecule has 0 spiro atoms. The quantitative estimate of drug-likeness (QED) is 0.918. The molecule has 0 unspecified atom stereocenters. The monoisotopic (exact) mass is 315 g/mol. The van der Waals surface area contributed by atoms with Gasteiger partial charge in [0.2, 0.25) is 0 Å². The van der Waals surface area contributed by atoms with Gasteiger partial charge in [0.05, 0.1) is 6.10 Å². The molecule has 0 saturated carbocycles. The molecule has 0 atom stereocenters. The number of benzene rings is 2. The summed E-state index contributed by atoms with van der Waals surface area (Å²) < 4.78 is 18.7. The maximum Gasteiger partial charge on any atom is 0.123 e. The van der Waals surface area contributed by atoms with Crippen molar-refractivity contribution in [2.45, 2.75) is 32.1 Å². The number of rotatable bonds is 5. The molecular weight excluding hydrogens is 293 g/mol. The van der Waals surface area contributed by atoms with Gasteiger partial charge in [-0.3, -0.25) is 4.90 Å². The molecule has 0 bridgehead atoms. The number of likely N-dealkylation sites (tertiary alicyclic amines) is 1. The topological polar surface area (TPSA) is 32.7 Å². The molecule has 1 aliphatic heterocycles. The molecule has 1 heterocycles. The number of nitrogens with zero attached hydrogens (tertiary/aromatic N) is 1. The second-order valence-electron chi connectivity index (χ2n) is 6.07. The van der Waals surface area contributed by atoms with Crippen LogP contribution in [0.2, 0.25) is 0 Å². The molecule has 2 aromatic carbocycles. The molecule has 1 N–H and O–H groups in total. The maximum absolute atomic E-state index is 12.9. The second-order valence-corrected chi connectivity index (χ2v) is 6.07. The summed E-state index contributed by atoms with van der Waals surface area (Å²) in [6, 6.07) is 14.4. The Balaban J connectivity index is 1.55. The van der Waals surface area contributed by atoms with E-state index in [2.05, 4.69) is 17.0 Å². The van der Waals surface area contributed by atoms with Gasteiger partial charge in [-0.15, -0.1) is 0 Å². The highest BCUT2D eigenvalue weighted by Crippen LogP contribution is 2.19. The van der Waals surface area contributed by atoms with Gasteiger partial charge in [-0.2, -0.15) is 0 Å². The molecule has 0 aliphatic carbocycles. The Hall–Kier alpha value is -1.91. The van der Waals surface area contributed by atoms with Gasteiger partial charge in [0.25, 0.3) is 0 Å². The van der Waals surface area contributed by atoms with E-state index in [4.69, 9.17) is 4.74 Å². The fourth-order valence-corrected chi connectivity index (χ4v) is 2.82. The number of aliphatic hydroxyl groups is 1. The van der Waals surface area contributed by atoms with Gasteiger partial charge in [-0.25, -0.2) is 4.39 Å². The second kappa shape index (κ2) is 7.57. The summed E-state index contributed by atoms with van der Waals surface area (Å²) in [5.41, 5.74) is 2.15. The largest absolute Gasteiger partial charge is 0.489 e. The van der Waals surface area contributed by atoms with E-state index < -0.39 is 0 Å². The van der Waals surface area contributed by atoms with Crippen LogP contribution in [0.15, 0.2) is 48.5 Å². The van der Waals surface area contributed by atoms with Crippen LogP contribution >= 0.6 is 0 Å². The minimum Gasteiger partial charge on any atom is -0.489 e. The summed E-state index contributed by atoms with van der Waals surface area (Å²) in [6.45, 7) is 3.17. The third-order valence-corrected chi connectivity index (χ3v) is 4.18. The van der Waals surface area contributed by atoms with E-state index in [1.54, 1.807) is 12.1 Å². The number of ether oxygens (including phenoxy) is 1. The lowest BCUT2D eigenvalue weighted by Gasteiger charge is -2.29. The molecule has 1 saturated heterocycles. The lowest BCUT2D eigenvalue weighted by molar-refractivity contribution is 0.0792. The first-order valence-electron chi connectivity index (χ1n) is 8.06. The Bertz CT molecular complexity index is 622. The molecule has 1 aliphatic rings. The zero-order valence-corrected chi connectivity index (χ0v) is 13.1. The molecule has 23 heavy (non-hydrogen) atoms. The zero-order valence-electron chi connectivity index (χ0n) is 13.1. The molecule has 122 valence electrons. The lowest BCUT2D eigenvalue weighted by Crippen LogP contribution is -2.35. The Morgan fingerprint density at radius 1 is 1.04 bits per heavy atom. The Labute approximate surface area is 136 Å². The number of piperidine rings is 1. The van der Waals surface area contributed by atoms with E-state index in [0.29, 0.717) is 6.61 Å². The van der Waals surface area contributed by atoms with Crippen LogP contribution in [0.25, 0.3) is 0 Å². The molecule has 3 nitrogen and oxygen atoms in total. The van der Waals surface area contributed by atoms with Crippen molar-refractivity contribution in [3.63, 3.8) is 0 Å². The number of hydrogen-bond acceptors (Lipinski definition) is 3. The fourth-order valence-electron chi connectivity index (χ4n) is 2.82. The van der Waals surface area contributed by atoms with E-state index in [9.17, 15) is 9.50 Å². The van der Waals surface area contributed by atoms with Crippen LogP contribution in [0.3, 0.4) is 0 Å². The molecular formula is C19H22FNO2. The van der Waals surface area contributed by atoms with Gasteiger partial charge >= 0.3 is 0 Å². The number of hydrogen-bond donors (Lipinski definition) is 1. The first-order chi connectivity index (χ1) is 11.2. The minimum absolute atomic E-state index is 0.142. The Kier molecular flexibility index (Phi) is 5.26. The van der Waals surface area contributed by atoms with Crippen LogP contribution in [-0.4, -0.2) is 29.2 Å². The van der Waals surface area contributed by atoms with Gasteiger partial charge in [0.15, 0.2) is 0 Å². The molecule has 1 fully saturated rings. The van der Waals surface area contributed by atoms with Crippen molar-refractivity contribution < 1.29 is 14.2 Å². The summed E-state index contributed by atoms with van der Waals surface area (Å²) in [6.07, 6.45) is 1.55. The summed E-state index contributed by atoms with van der Waals surface area (Å²) in [4.78, 5) is 2.35. The average molecular weight is 315 g/mol. The highest BCUT2D eigenvalue weighted by molar-refractivity contribution is 5.29. The van der Waals surface area contributed by atoms with E-state index in [1.165, 1.54) is 17.7 Å². The van der Waals surface area contributed by atoms with Crippen molar-refractivity contribution in [3.8, 4) is 5.75 Å². The number of aliphatic hydroxyl groups excluding tert-OH is 1. The normalized spacial score (nSPS) is 16.4. The molecule has 0 radical (unpaired) electrons. The van der Waals surface area contributed by atoms with Gasteiger partial charge in [-0.1, -0.05) is 24.3 Å². The Morgan fingerprint density at radius 3 is 2.52 bits per heavy atom. The van der Waals surface area contributed by atoms with Crippen molar-refractivity contribution in [1.29, 1.82) is 0 Å². The predicted octanol–water partition coefficient (Wildman–Crippen LogP) is 3.36. The van der Waals surface area contributed by atoms with Crippen molar-refractivity contribution in [3.05, 3.63) is 65.5 Å². The molecule has 0 aromatic heterocycles. The Morgan fingerprint density at radius 2 is 1.78 bits per heavy atom. The lowest BCUT2D eigenvalue weighted by atomic mass is 10.1. The summed E-state index contributed by atoms with van der Waals surface area (Å²) in [5, 5.41) is 9.56. The van der Waals surface area contributed by atoms with Crippen LogP contribution in [-0.2, 0) is 13.2 Å². The van der Waals surface area contributed by atoms with Crippen LogP contribution in [0, 0.1) is 5.82 Å². The van der Waals surface area contributed by atoms with Crippen molar-refractivity contribution in [2.75, 3.05) is 13.1 Å². The van der Waals surface area contributed by atoms with Gasteiger partial charge < -0.3 is 9.84 Å². The fraction of sp³-hybridized carbons (Fsp3) is 0.368. The van der Waals surface area contributed by atoms with E-state index in [-0.39, 0.29) is 11.9 Å². The van der Waals surface area contributed by atoms with E-state index in [1.807, 2.05) is 12.1 Å². The van der Waals surface area contributed by atoms with Crippen LogP contribution in [0.5, 0.6) is 5.75 Å². The van der Waals surface area contributed by atoms with Crippen molar-refractivity contribution >= 4 is 0 Å². The third kappa shape index (κ3) is 4.78. The summed E-state index contributed by atoms with van der Waals surface area (Å²) in [5.74, 6) is 0.589. The molecule has 3 rings (SSSR count). The molecule has 0 amide bonds. The van der Waals surface area contributed by atoms with Crippen LogP contribution < -0.4 is 4.74 Å². The first kappa shape index (κ1) is 16.0. The third-order valence-electron chi connectivity index (χ3n) is 4.18. The van der Waals surface area contributed by atoms with E-state index in [0.717, 1.165) is 43.8 Å². The summed E-state index contributed by atoms with van der Waals surface area (Å²) in [7, 11) is 0. The number of halogens is 1. The van der Waals surface area contributed by atoms with Crippen LogP contribution in [0.4, 0.5) is 4.39 Å². The SMILES string of the molecule is OC1CCN(Cc2cccc(OCc3ccc(F)cc3)c2)CC1. The van der Waals surface area contributed by atoms with Crippen molar-refractivity contribution in [2.24, 2.45) is 0 Å². The smallest absolute Gasteiger partial charge is 0.123 e. The highest BCUT2D eigenvalue weighted by atomic mass is 19.1. The van der Waals surface area contributed by atoms with E-state index >= 15 is 0 Å². The van der Waals surface area contributed by atoms with Gasteiger partial charge in [-0.05, 0) is 48.2 Å². The van der Waals surface area contributed by atoms with Crippen molar-refractivity contribution in [1.82, 2.24) is 4.90 Å². The highest BCUT2D eigenvalue weighted by Gasteiger charge is 2.16. The predicted molar refractivity (Wildman–Crippen MR) is 87.7 cm³/mol. The first-order valence-corrected chi connectivity index (χ1v) is 8.06. The molecule has 2 aromatic rings.